The van der Waals surface area contributed by atoms with Gasteiger partial charge in [0.15, 0.2) is 0 Å². The predicted molar refractivity (Wildman–Crippen MR) is 93.1 cm³/mol. The molecule has 1 aromatic carbocycles. The lowest BCUT2D eigenvalue weighted by Crippen LogP contribution is -2.43. The van der Waals surface area contributed by atoms with Gasteiger partial charge in [0.2, 0.25) is 0 Å². The van der Waals surface area contributed by atoms with Crippen LogP contribution in [-0.4, -0.2) is 52.6 Å². The average molecular weight is 341 g/mol. The molecular formula is C16H27N3O3S. The lowest BCUT2D eigenvalue weighted by molar-refractivity contribution is 0.398. The first-order valence-electron chi connectivity index (χ1n) is 7.95. The van der Waals surface area contributed by atoms with Crippen molar-refractivity contribution in [1.29, 1.82) is 0 Å². The SMILES string of the molecule is COc1ccccc1N1CC[C@@H](CNS(=O)(=O)N(C)C(C)C)C1. The molecule has 0 aromatic heterocycles. The average Bonchev–Trinajstić information content (AvgIpc) is 3.01. The van der Waals surface area contributed by atoms with E-state index in [1.54, 1.807) is 14.2 Å². The number of nitrogens with zero attached hydrogens (tertiary/aromatic N) is 2. The maximum Gasteiger partial charge on any atom is 0.279 e. The van der Waals surface area contributed by atoms with Crippen LogP contribution in [0.15, 0.2) is 24.3 Å². The Bertz CT molecular complexity index is 619. The van der Waals surface area contributed by atoms with Crippen LogP contribution >= 0.6 is 0 Å². The topological polar surface area (TPSA) is 61.9 Å². The number of ether oxygens (including phenoxy) is 1. The van der Waals surface area contributed by atoms with Gasteiger partial charge in [-0.15, -0.1) is 0 Å². The fourth-order valence-electron chi connectivity index (χ4n) is 2.71. The van der Waals surface area contributed by atoms with Gasteiger partial charge in [0, 0.05) is 32.7 Å². The summed E-state index contributed by atoms with van der Waals surface area (Å²) in [5, 5.41) is 0. The molecule has 1 fully saturated rings. The molecule has 0 spiro atoms. The van der Waals surface area contributed by atoms with Crippen molar-refractivity contribution in [2.24, 2.45) is 5.92 Å². The van der Waals surface area contributed by atoms with Crippen molar-refractivity contribution in [3.63, 3.8) is 0 Å². The third kappa shape index (κ3) is 4.37. The Hall–Kier alpha value is -1.31. The highest BCUT2D eigenvalue weighted by molar-refractivity contribution is 7.87. The number of hydrogen-bond acceptors (Lipinski definition) is 4. The second-order valence-corrected chi connectivity index (χ2v) is 8.05. The summed E-state index contributed by atoms with van der Waals surface area (Å²) in [6.07, 6.45) is 0.964. The Labute approximate surface area is 139 Å². The summed E-state index contributed by atoms with van der Waals surface area (Å²) in [4.78, 5) is 2.25. The van der Waals surface area contributed by atoms with Crippen LogP contribution in [-0.2, 0) is 10.2 Å². The highest BCUT2D eigenvalue weighted by Gasteiger charge is 2.27. The van der Waals surface area contributed by atoms with E-state index in [-0.39, 0.29) is 6.04 Å². The van der Waals surface area contributed by atoms with Crippen molar-refractivity contribution in [1.82, 2.24) is 9.03 Å². The van der Waals surface area contributed by atoms with Gasteiger partial charge in [-0.2, -0.15) is 12.7 Å². The largest absolute Gasteiger partial charge is 0.495 e. The third-order valence-electron chi connectivity index (χ3n) is 4.37. The Kier molecular flexibility index (Phi) is 5.89. The van der Waals surface area contributed by atoms with E-state index < -0.39 is 10.2 Å². The molecule has 23 heavy (non-hydrogen) atoms. The molecule has 6 nitrogen and oxygen atoms in total. The van der Waals surface area contributed by atoms with Crippen molar-refractivity contribution >= 4 is 15.9 Å². The Morgan fingerprint density at radius 2 is 2.09 bits per heavy atom. The molecule has 1 saturated heterocycles. The van der Waals surface area contributed by atoms with Crippen LogP contribution in [0.2, 0.25) is 0 Å². The quantitative estimate of drug-likeness (QED) is 0.820. The van der Waals surface area contributed by atoms with Crippen LogP contribution < -0.4 is 14.4 Å². The summed E-state index contributed by atoms with van der Waals surface area (Å²) in [6.45, 7) is 5.92. The maximum absolute atomic E-state index is 12.2. The van der Waals surface area contributed by atoms with Gasteiger partial charge in [-0.3, -0.25) is 0 Å². The summed E-state index contributed by atoms with van der Waals surface area (Å²) in [5.41, 5.74) is 1.07. The van der Waals surface area contributed by atoms with Crippen molar-refractivity contribution in [3.05, 3.63) is 24.3 Å². The normalized spacial score (nSPS) is 18.9. The zero-order chi connectivity index (χ0) is 17.0. The standard InChI is InChI=1S/C16H27N3O3S/c1-13(2)18(3)23(20,21)17-11-14-9-10-19(12-14)15-7-5-6-8-16(15)22-4/h5-8,13-14,17H,9-12H2,1-4H3/t14-/m0/s1. The predicted octanol–water partition coefficient (Wildman–Crippen LogP) is 1.70. The first-order chi connectivity index (χ1) is 10.8. The molecule has 0 saturated carbocycles. The number of rotatable bonds is 7. The van der Waals surface area contributed by atoms with E-state index >= 15 is 0 Å². The van der Waals surface area contributed by atoms with Gasteiger partial charge in [-0.05, 0) is 38.3 Å². The van der Waals surface area contributed by atoms with Crippen molar-refractivity contribution in [2.45, 2.75) is 26.3 Å². The summed E-state index contributed by atoms with van der Waals surface area (Å²) in [6, 6.07) is 7.87. The first-order valence-corrected chi connectivity index (χ1v) is 9.39. The monoisotopic (exact) mass is 341 g/mol. The van der Waals surface area contributed by atoms with Crippen molar-refractivity contribution in [3.8, 4) is 5.75 Å². The molecule has 0 radical (unpaired) electrons. The molecule has 0 bridgehead atoms. The first kappa shape index (κ1) is 18.0. The van der Waals surface area contributed by atoms with Crippen LogP contribution in [0, 0.1) is 5.92 Å². The highest BCUT2D eigenvalue weighted by atomic mass is 32.2. The molecule has 0 amide bonds. The third-order valence-corrected chi connectivity index (χ3v) is 6.08. The lowest BCUT2D eigenvalue weighted by Gasteiger charge is -2.23. The van der Waals surface area contributed by atoms with E-state index in [1.165, 1.54) is 4.31 Å². The van der Waals surface area contributed by atoms with E-state index in [4.69, 9.17) is 4.74 Å². The van der Waals surface area contributed by atoms with Crippen molar-refractivity contribution < 1.29 is 13.2 Å². The fourth-order valence-corrected chi connectivity index (χ4v) is 3.92. The van der Waals surface area contributed by atoms with Gasteiger partial charge in [0.1, 0.15) is 5.75 Å². The molecule has 1 aliphatic heterocycles. The van der Waals surface area contributed by atoms with Crippen LogP contribution in [0.5, 0.6) is 5.75 Å². The minimum Gasteiger partial charge on any atom is -0.495 e. The summed E-state index contributed by atoms with van der Waals surface area (Å²) in [5.74, 6) is 1.16. The number of hydrogen-bond donors (Lipinski definition) is 1. The van der Waals surface area contributed by atoms with Crippen LogP contribution in [0.4, 0.5) is 5.69 Å². The molecule has 2 rings (SSSR count). The van der Waals surface area contributed by atoms with Gasteiger partial charge in [0.25, 0.3) is 10.2 Å². The lowest BCUT2D eigenvalue weighted by atomic mass is 10.1. The molecule has 130 valence electrons. The molecule has 1 aromatic rings. The maximum atomic E-state index is 12.2. The zero-order valence-electron chi connectivity index (χ0n) is 14.3. The van der Waals surface area contributed by atoms with Gasteiger partial charge in [0.05, 0.1) is 12.8 Å². The van der Waals surface area contributed by atoms with Crippen LogP contribution in [0.3, 0.4) is 0 Å². The fraction of sp³-hybridized carbons (Fsp3) is 0.625. The van der Waals surface area contributed by atoms with E-state index in [2.05, 4.69) is 9.62 Å². The second kappa shape index (κ2) is 7.51. The van der Waals surface area contributed by atoms with E-state index in [9.17, 15) is 8.42 Å². The minimum absolute atomic E-state index is 0.0545. The highest BCUT2D eigenvalue weighted by Crippen LogP contribution is 2.31. The van der Waals surface area contributed by atoms with Gasteiger partial charge in [-0.1, -0.05) is 12.1 Å². The molecule has 0 aliphatic carbocycles. The zero-order valence-corrected chi connectivity index (χ0v) is 15.1. The van der Waals surface area contributed by atoms with Gasteiger partial charge in [-0.25, -0.2) is 4.72 Å². The summed E-state index contributed by atoms with van der Waals surface area (Å²) >= 11 is 0. The molecule has 1 heterocycles. The van der Waals surface area contributed by atoms with E-state index in [0.29, 0.717) is 12.5 Å². The van der Waals surface area contributed by atoms with Crippen molar-refractivity contribution in [2.75, 3.05) is 38.7 Å². The molecule has 1 aliphatic rings. The smallest absolute Gasteiger partial charge is 0.279 e. The van der Waals surface area contributed by atoms with Gasteiger partial charge < -0.3 is 9.64 Å². The van der Waals surface area contributed by atoms with E-state index in [0.717, 1.165) is 30.9 Å². The van der Waals surface area contributed by atoms with Gasteiger partial charge >= 0.3 is 0 Å². The number of nitrogens with one attached hydrogen (secondary N) is 1. The Morgan fingerprint density at radius 3 is 2.74 bits per heavy atom. The van der Waals surface area contributed by atoms with Crippen LogP contribution in [0.25, 0.3) is 0 Å². The summed E-state index contributed by atoms with van der Waals surface area (Å²) in [7, 11) is -0.133. The number of benzene rings is 1. The van der Waals surface area contributed by atoms with E-state index in [1.807, 2.05) is 38.1 Å². The van der Waals surface area contributed by atoms with Crippen LogP contribution in [0.1, 0.15) is 20.3 Å². The minimum atomic E-state index is -3.40. The molecule has 1 atom stereocenters. The number of anilines is 1. The molecule has 0 unspecified atom stereocenters. The Morgan fingerprint density at radius 1 is 1.39 bits per heavy atom. The second-order valence-electron chi connectivity index (χ2n) is 6.24. The molecule has 7 heteroatoms. The summed E-state index contributed by atoms with van der Waals surface area (Å²) < 4.78 is 33.8. The number of methoxy groups -OCH3 is 1. The molecule has 1 N–H and O–H groups in total. The number of para-hydroxylation sites is 2. The Balaban J connectivity index is 1.94. The molecular weight excluding hydrogens is 314 g/mol.